The molecule has 1 aromatic carbocycles. The molecule has 1 amide bonds. The lowest BCUT2D eigenvalue weighted by Crippen LogP contribution is -2.44. The highest BCUT2D eigenvalue weighted by atomic mass is 32.2. The number of benzene rings is 1. The van der Waals surface area contributed by atoms with Crippen LogP contribution in [0.15, 0.2) is 23.1 Å². The van der Waals surface area contributed by atoms with Gasteiger partial charge in [0.25, 0.3) is 0 Å². The van der Waals surface area contributed by atoms with Crippen LogP contribution < -0.4 is 16.0 Å². The maximum Gasteiger partial charge on any atom is 0.234 e. The summed E-state index contributed by atoms with van der Waals surface area (Å²) in [6, 6.07) is 6.12. The van der Waals surface area contributed by atoms with Crippen molar-refractivity contribution in [3.05, 3.63) is 18.2 Å². The van der Waals surface area contributed by atoms with Crippen molar-refractivity contribution in [3.63, 3.8) is 0 Å². The Labute approximate surface area is 112 Å². The van der Waals surface area contributed by atoms with Crippen molar-refractivity contribution < 1.29 is 4.79 Å². The Morgan fingerprint density at radius 1 is 1.50 bits per heavy atom. The standard InChI is InChI=1S/C13H19N3OS/c1-13(2,14)8-16(3)9-4-5-11-10(6-9)15-12(17)7-18-11/h4-6H,7-8,14H2,1-3H3,(H,15,17). The lowest BCUT2D eigenvalue weighted by molar-refractivity contribution is -0.113. The SMILES string of the molecule is CN(CC(C)(C)N)c1ccc2c(c1)NC(=O)CS2. The van der Waals surface area contributed by atoms with Crippen LogP contribution in [0.3, 0.4) is 0 Å². The number of anilines is 2. The number of nitrogens with one attached hydrogen (secondary N) is 1. The molecule has 0 saturated heterocycles. The molecule has 0 aromatic heterocycles. The van der Waals surface area contributed by atoms with Crippen molar-refractivity contribution in [1.82, 2.24) is 0 Å². The smallest absolute Gasteiger partial charge is 0.234 e. The van der Waals surface area contributed by atoms with Crippen LogP contribution in [0.2, 0.25) is 0 Å². The van der Waals surface area contributed by atoms with E-state index in [1.165, 1.54) is 0 Å². The molecule has 0 saturated carbocycles. The maximum atomic E-state index is 11.4. The maximum absolute atomic E-state index is 11.4. The van der Waals surface area contributed by atoms with E-state index in [9.17, 15) is 4.79 Å². The fraction of sp³-hybridized carbons (Fsp3) is 0.462. The number of likely N-dealkylation sites (N-methyl/N-ethyl adjacent to an activating group) is 1. The van der Waals surface area contributed by atoms with E-state index < -0.39 is 0 Å². The molecule has 0 radical (unpaired) electrons. The Balaban J connectivity index is 2.20. The number of carbonyl (C=O) groups is 1. The van der Waals surface area contributed by atoms with Crippen LogP contribution in [0.4, 0.5) is 11.4 Å². The molecule has 0 bridgehead atoms. The third-order valence-corrected chi connectivity index (χ3v) is 3.75. The topological polar surface area (TPSA) is 58.4 Å². The molecular weight excluding hydrogens is 246 g/mol. The summed E-state index contributed by atoms with van der Waals surface area (Å²) in [6.07, 6.45) is 0. The minimum absolute atomic E-state index is 0.0615. The molecule has 98 valence electrons. The van der Waals surface area contributed by atoms with Crippen molar-refractivity contribution >= 4 is 29.0 Å². The number of carbonyl (C=O) groups excluding carboxylic acids is 1. The van der Waals surface area contributed by atoms with Crippen molar-refractivity contribution in [1.29, 1.82) is 0 Å². The molecule has 0 spiro atoms. The van der Waals surface area contributed by atoms with E-state index in [0.717, 1.165) is 22.8 Å². The molecule has 0 unspecified atom stereocenters. The van der Waals surface area contributed by atoms with Gasteiger partial charge in [-0.15, -0.1) is 11.8 Å². The van der Waals surface area contributed by atoms with E-state index in [2.05, 4.69) is 22.3 Å². The van der Waals surface area contributed by atoms with Gasteiger partial charge in [0.2, 0.25) is 5.91 Å². The number of nitrogens with two attached hydrogens (primary N) is 1. The molecule has 0 fully saturated rings. The molecule has 0 atom stereocenters. The van der Waals surface area contributed by atoms with Gasteiger partial charge in [-0.1, -0.05) is 0 Å². The summed E-state index contributed by atoms with van der Waals surface area (Å²) in [5.74, 6) is 0.560. The number of amides is 1. The van der Waals surface area contributed by atoms with Crippen LogP contribution in [0, 0.1) is 0 Å². The lowest BCUT2D eigenvalue weighted by Gasteiger charge is -2.29. The van der Waals surface area contributed by atoms with Gasteiger partial charge in [0.1, 0.15) is 0 Å². The van der Waals surface area contributed by atoms with Gasteiger partial charge in [-0.25, -0.2) is 0 Å². The number of fused-ring (bicyclic) bond motifs is 1. The fourth-order valence-electron chi connectivity index (χ4n) is 2.01. The Kier molecular flexibility index (Phi) is 3.54. The molecule has 5 heteroatoms. The van der Waals surface area contributed by atoms with Crippen LogP contribution in [0.5, 0.6) is 0 Å². The molecule has 18 heavy (non-hydrogen) atoms. The quantitative estimate of drug-likeness (QED) is 0.876. The Morgan fingerprint density at radius 2 is 2.22 bits per heavy atom. The van der Waals surface area contributed by atoms with Crippen LogP contribution in [0.25, 0.3) is 0 Å². The minimum Gasteiger partial charge on any atom is -0.373 e. The van der Waals surface area contributed by atoms with Gasteiger partial charge < -0.3 is 16.0 Å². The third-order valence-electron chi connectivity index (χ3n) is 2.68. The predicted molar refractivity (Wildman–Crippen MR) is 77.3 cm³/mol. The van der Waals surface area contributed by atoms with Crippen LogP contribution >= 0.6 is 11.8 Å². The van der Waals surface area contributed by atoms with Crippen molar-refractivity contribution in [2.45, 2.75) is 24.3 Å². The third kappa shape index (κ3) is 3.17. The van der Waals surface area contributed by atoms with E-state index in [4.69, 9.17) is 5.73 Å². The molecular formula is C13H19N3OS. The predicted octanol–water partition coefficient (Wildman–Crippen LogP) is 1.90. The lowest BCUT2D eigenvalue weighted by atomic mass is 10.1. The van der Waals surface area contributed by atoms with Crippen LogP contribution in [0.1, 0.15) is 13.8 Å². The van der Waals surface area contributed by atoms with Crippen LogP contribution in [-0.4, -0.2) is 30.8 Å². The van der Waals surface area contributed by atoms with Gasteiger partial charge >= 0.3 is 0 Å². The highest BCUT2D eigenvalue weighted by Crippen LogP contribution is 2.34. The monoisotopic (exact) mass is 265 g/mol. The van der Waals surface area contributed by atoms with Gasteiger partial charge in [0.05, 0.1) is 11.4 Å². The first-order valence-electron chi connectivity index (χ1n) is 5.92. The van der Waals surface area contributed by atoms with Gasteiger partial charge in [0, 0.05) is 29.7 Å². The van der Waals surface area contributed by atoms with Crippen molar-refractivity contribution in [3.8, 4) is 0 Å². The highest BCUT2D eigenvalue weighted by molar-refractivity contribution is 8.00. The second-order valence-electron chi connectivity index (χ2n) is 5.36. The molecule has 3 N–H and O–H groups in total. The first-order chi connectivity index (χ1) is 8.35. The summed E-state index contributed by atoms with van der Waals surface area (Å²) in [7, 11) is 2.01. The van der Waals surface area contributed by atoms with E-state index >= 15 is 0 Å². The number of hydrogen-bond donors (Lipinski definition) is 2. The average molecular weight is 265 g/mol. The van der Waals surface area contributed by atoms with Gasteiger partial charge in [-0.3, -0.25) is 4.79 Å². The van der Waals surface area contributed by atoms with Crippen LogP contribution in [-0.2, 0) is 4.79 Å². The molecule has 2 rings (SSSR count). The number of rotatable bonds is 3. The van der Waals surface area contributed by atoms with E-state index in [-0.39, 0.29) is 11.4 Å². The molecule has 1 aliphatic heterocycles. The zero-order valence-electron chi connectivity index (χ0n) is 11.0. The molecule has 4 nitrogen and oxygen atoms in total. The van der Waals surface area contributed by atoms with Gasteiger partial charge in [0.15, 0.2) is 0 Å². The number of nitrogens with zero attached hydrogens (tertiary/aromatic N) is 1. The molecule has 1 heterocycles. The van der Waals surface area contributed by atoms with E-state index in [1.807, 2.05) is 27.0 Å². The summed E-state index contributed by atoms with van der Waals surface area (Å²) in [4.78, 5) is 14.6. The zero-order chi connectivity index (χ0) is 13.3. The molecule has 0 aliphatic carbocycles. The Hall–Kier alpha value is -1.20. The number of thioether (sulfide) groups is 1. The van der Waals surface area contributed by atoms with Crippen molar-refractivity contribution in [2.75, 3.05) is 29.6 Å². The largest absolute Gasteiger partial charge is 0.373 e. The second kappa shape index (κ2) is 4.82. The fourth-order valence-corrected chi connectivity index (χ4v) is 2.80. The normalized spacial score (nSPS) is 15.0. The zero-order valence-corrected chi connectivity index (χ0v) is 11.8. The summed E-state index contributed by atoms with van der Waals surface area (Å²) in [5.41, 5.74) is 7.73. The van der Waals surface area contributed by atoms with Gasteiger partial charge in [-0.2, -0.15) is 0 Å². The minimum atomic E-state index is -0.247. The van der Waals surface area contributed by atoms with Crippen molar-refractivity contribution in [2.24, 2.45) is 5.73 Å². The summed E-state index contributed by atoms with van der Waals surface area (Å²) in [6.45, 7) is 4.76. The highest BCUT2D eigenvalue weighted by Gasteiger charge is 2.18. The molecule has 1 aliphatic rings. The number of hydrogen-bond acceptors (Lipinski definition) is 4. The first-order valence-corrected chi connectivity index (χ1v) is 6.90. The Bertz CT molecular complexity index is 468. The summed E-state index contributed by atoms with van der Waals surface area (Å²) < 4.78 is 0. The summed E-state index contributed by atoms with van der Waals surface area (Å²) >= 11 is 1.58. The first kappa shape index (κ1) is 13.2. The molecule has 1 aromatic rings. The van der Waals surface area contributed by atoms with E-state index in [1.54, 1.807) is 11.8 Å². The summed E-state index contributed by atoms with van der Waals surface area (Å²) in [5, 5.41) is 2.90. The van der Waals surface area contributed by atoms with Gasteiger partial charge in [-0.05, 0) is 32.0 Å². The second-order valence-corrected chi connectivity index (χ2v) is 6.38. The van der Waals surface area contributed by atoms with E-state index in [0.29, 0.717) is 5.75 Å². The Morgan fingerprint density at radius 3 is 2.89 bits per heavy atom. The average Bonchev–Trinajstić information content (AvgIpc) is 2.25.